The summed E-state index contributed by atoms with van der Waals surface area (Å²) >= 11 is 0. The van der Waals surface area contributed by atoms with E-state index in [1.807, 2.05) is 54.6 Å². The van der Waals surface area contributed by atoms with Gasteiger partial charge in [0.15, 0.2) is 0 Å². The molecule has 214 valence electrons. The maximum Gasteiger partial charge on any atom is 0.420 e. The van der Waals surface area contributed by atoms with Crippen LogP contribution in [0.3, 0.4) is 0 Å². The van der Waals surface area contributed by atoms with Gasteiger partial charge in [0.05, 0.1) is 18.8 Å². The van der Waals surface area contributed by atoms with Crippen molar-refractivity contribution in [2.45, 2.75) is 51.4 Å². The molecule has 0 aliphatic rings. The molecular formula is C30H33F3N2O5. The Kier molecular flexibility index (Phi) is 9.47. The van der Waals surface area contributed by atoms with Gasteiger partial charge in [-0.05, 0) is 62.6 Å². The predicted octanol–water partition coefficient (Wildman–Crippen LogP) is 6.21. The summed E-state index contributed by atoms with van der Waals surface area (Å²) < 4.78 is 52.1. The van der Waals surface area contributed by atoms with Gasteiger partial charge in [-0.15, -0.1) is 0 Å². The molecule has 0 aromatic heterocycles. The highest BCUT2D eigenvalue weighted by Crippen LogP contribution is 2.38. The molecule has 0 saturated carbocycles. The Morgan fingerprint density at radius 2 is 1.50 bits per heavy atom. The maximum atomic E-state index is 13.8. The molecule has 0 spiro atoms. The first-order valence-corrected chi connectivity index (χ1v) is 12.6. The van der Waals surface area contributed by atoms with Gasteiger partial charge in [-0.25, -0.2) is 4.79 Å². The van der Waals surface area contributed by atoms with E-state index in [2.05, 4.69) is 10.6 Å². The summed E-state index contributed by atoms with van der Waals surface area (Å²) in [5.74, 6) is -1.31. The van der Waals surface area contributed by atoms with Crippen LogP contribution in [0.1, 0.15) is 38.8 Å². The Hall–Kier alpha value is -4.05. The van der Waals surface area contributed by atoms with Crippen LogP contribution in [-0.2, 0) is 22.1 Å². The molecule has 3 rings (SSSR count). The fraction of sp³-hybridized carbons (Fsp3) is 0.333. The Balaban J connectivity index is 1.67. The second kappa shape index (κ2) is 12.4. The molecule has 3 aromatic carbocycles. The molecule has 40 heavy (non-hydrogen) atoms. The van der Waals surface area contributed by atoms with Crippen molar-refractivity contribution in [2.24, 2.45) is 0 Å². The van der Waals surface area contributed by atoms with Crippen molar-refractivity contribution in [3.05, 3.63) is 83.9 Å². The number of benzene rings is 3. The number of carbonyl (C=O) groups is 2. The fourth-order valence-corrected chi connectivity index (χ4v) is 3.69. The number of alkyl carbamates (subject to hydrolysis) is 1. The number of amides is 2. The Labute approximate surface area is 231 Å². The minimum absolute atomic E-state index is 0.00185. The average molecular weight is 559 g/mol. The highest BCUT2D eigenvalue weighted by molar-refractivity contribution is 6.00. The van der Waals surface area contributed by atoms with Crippen LogP contribution in [0.15, 0.2) is 72.8 Å². The number of ether oxygens (including phenoxy) is 2. The molecule has 1 atom stereocenters. The number of hydrogen-bond donors (Lipinski definition) is 3. The SMILES string of the molecule is CC(C)(C)OC(=O)N[C@@](C)(CO)C(=O)Nc1ccc(OCCc2ccc(-c3ccccc3)cc2)c(C(F)(F)F)c1. The fourth-order valence-electron chi connectivity index (χ4n) is 3.69. The molecule has 0 aliphatic carbocycles. The first-order chi connectivity index (χ1) is 18.7. The van der Waals surface area contributed by atoms with Crippen molar-refractivity contribution in [3.8, 4) is 16.9 Å². The summed E-state index contributed by atoms with van der Waals surface area (Å²) in [5.41, 5.74) is -0.986. The smallest absolute Gasteiger partial charge is 0.420 e. The summed E-state index contributed by atoms with van der Waals surface area (Å²) in [6.45, 7) is 5.26. The minimum Gasteiger partial charge on any atom is -0.493 e. The largest absolute Gasteiger partial charge is 0.493 e. The van der Waals surface area contributed by atoms with Crippen molar-refractivity contribution < 1.29 is 37.3 Å². The summed E-state index contributed by atoms with van der Waals surface area (Å²) in [7, 11) is 0. The highest BCUT2D eigenvalue weighted by Gasteiger charge is 2.38. The number of nitrogens with one attached hydrogen (secondary N) is 2. The Morgan fingerprint density at radius 3 is 2.08 bits per heavy atom. The lowest BCUT2D eigenvalue weighted by atomic mass is 10.0. The Bertz CT molecular complexity index is 1310. The molecule has 0 heterocycles. The van der Waals surface area contributed by atoms with Crippen LogP contribution >= 0.6 is 0 Å². The van der Waals surface area contributed by atoms with E-state index in [1.165, 1.54) is 13.0 Å². The lowest BCUT2D eigenvalue weighted by Gasteiger charge is -2.29. The van der Waals surface area contributed by atoms with Gasteiger partial charge >= 0.3 is 12.3 Å². The number of anilines is 1. The van der Waals surface area contributed by atoms with Crippen LogP contribution < -0.4 is 15.4 Å². The number of aliphatic hydroxyl groups excluding tert-OH is 1. The summed E-state index contributed by atoms with van der Waals surface area (Å²) in [4.78, 5) is 24.9. The summed E-state index contributed by atoms with van der Waals surface area (Å²) in [5, 5.41) is 14.3. The maximum absolute atomic E-state index is 13.8. The summed E-state index contributed by atoms with van der Waals surface area (Å²) in [6, 6.07) is 20.6. The molecule has 10 heteroatoms. The third-order valence-electron chi connectivity index (χ3n) is 5.85. The third-order valence-corrected chi connectivity index (χ3v) is 5.85. The van der Waals surface area contributed by atoms with E-state index in [1.54, 1.807) is 20.8 Å². The molecule has 0 radical (unpaired) electrons. The monoisotopic (exact) mass is 558 g/mol. The van der Waals surface area contributed by atoms with E-state index in [9.17, 15) is 27.9 Å². The minimum atomic E-state index is -4.76. The number of alkyl halides is 3. The van der Waals surface area contributed by atoms with Gasteiger partial charge < -0.3 is 25.2 Å². The summed E-state index contributed by atoms with van der Waals surface area (Å²) in [6.07, 6.45) is -5.34. The lowest BCUT2D eigenvalue weighted by Crippen LogP contribution is -2.58. The second-order valence-corrected chi connectivity index (χ2v) is 10.4. The van der Waals surface area contributed by atoms with E-state index in [0.29, 0.717) is 6.42 Å². The number of halogens is 3. The molecule has 3 aromatic rings. The number of hydrogen-bond acceptors (Lipinski definition) is 5. The van der Waals surface area contributed by atoms with Crippen LogP contribution in [0.2, 0.25) is 0 Å². The van der Waals surface area contributed by atoms with Crippen LogP contribution in [0, 0.1) is 0 Å². The molecule has 0 aliphatic heterocycles. The topological polar surface area (TPSA) is 96.9 Å². The van der Waals surface area contributed by atoms with Crippen molar-refractivity contribution in [1.29, 1.82) is 0 Å². The standard InChI is InChI=1S/C30H33F3N2O5/c1-28(2,3)40-27(38)35-29(4,19-36)26(37)34-23-14-15-25(24(18-23)30(31,32)33)39-17-16-20-10-12-22(13-11-20)21-8-6-5-7-9-21/h5-15,18,36H,16-17,19H2,1-4H3,(H,34,37)(H,35,38)/t29-/m0/s1. The van der Waals surface area contributed by atoms with Crippen LogP contribution in [0.4, 0.5) is 23.7 Å². The third kappa shape index (κ3) is 8.47. The van der Waals surface area contributed by atoms with Gasteiger partial charge in [-0.2, -0.15) is 13.2 Å². The van der Waals surface area contributed by atoms with Crippen LogP contribution in [0.25, 0.3) is 11.1 Å². The quantitative estimate of drug-likeness (QED) is 0.290. The van der Waals surface area contributed by atoms with Gasteiger partial charge in [0.2, 0.25) is 0 Å². The predicted molar refractivity (Wildman–Crippen MR) is 146 cm³/mol. The van der Waals surface area contributed by atoms with E-state index in [0.717, 1.165) is 28.8 Å². The van der Waals surface area contributed by atoms with E-state index in [-0.39, 0.29) is 18.0 Å². The van der Waals surface area contributed by atoms with E-state index in [4.69, 9.17) is 9.47 Å². The normalized spacial score (nSPS) is 13.2. The molecule has 0 saturated heterocycles. The molecule has 0 fully saturated rings. The van der Waals surface area contributed by atoms with Crippen molar-refractivity contribution in [3.63, 3.8) is 0 Å². The number of rotatable bonds is 9. The molecule has 3 N–H and O–H groups in total. The number of carbonyl (C=O) groups excluding carboxylic acids is 2. The van der Waals surface area contributed by atoms with Gasteiger partial charge in [0.25, 0.3) is 5.91 Å². The lowest BCUT2D eigenvalue weighted by molar-refractivity contribution is -0.139. The van der Waals surface area contributed by atoms with Crippen molar-refractivity contribution in [1.82, 2.24) is 5.32 Å². The zero-order valence-corrected chi connectivity index (χ0v) is 22.8. The Morgan fingerprint density at radius 1 is 0.875 bits per heavy atom. The first-order valence-electron chi connectivity index (χ1n) is 12.6. The van der Waals surface area contributed by atoms with Gasteiger partial charge in [-0.3, -0.25) is 4.79 Å². The van der Waals surface area contributed by atoms with E-state index >= 15 is 0 Å². The molecule has 7 nitrogen and oxygen atoms in total. The zero-order chi connectivity index (χ0) is 29.6. The van der Waals surface area contributed by atoms with Gasteiger partial charge in [0, 0.05) is 12.1 Å². The van der Waals surface area contributed by atoms with Crippen LogP contribution in [-0.4, -0.2) is 41.5 Å². The van der Waals surface area contributed by atoms with Crippen LogP contribution in [0.5, 0.6) is 5.75 Å². The molecular weight excluding hydrogens is 525 g/mol. The van der Waals surface area contributed by atoms with Gasteiger partial charge in [0.1, 0.15) is 16.9 Å². The average Bonchev–Trinajstić information content (AvgIpc) is 2.88. The second-order valence-electron chi connectivity index (χ2n) is 10.4. The zero-order valence-electron chi connectivity index (χ0n) is 22.8. The van der Waals surface area contributed by atoms with Crippen molar-refractivity contribution in [2.75, 3.05) is 18.5 Å². The molecule has 0 unspecified atom stereocenters. The molecule has 0 bridgehead atoms. The number of aliphatic hydroxyl groups is 1. The van der Waals surface area contributed by atoms with E-state index < -0.39 is 41.5 Å². The highest BCUT2D eigenvalue weighted by atomic mass is 19.4. The first kappa shape index (κ1) is 30.5. The molecule has 2 amide bonds. The van der Waals surface area contributed by atoms with Crippen molar-refractivity contribution >= 4 is 17.7 Å². The van der Waals surface area contributed by atoms with Gasteiger partial charge in [-0.1, -0.05) is 54.6 Å².